The molecule has 4 heteroatoms. The molecule has 0 aromatic heterocycles. The Labute approximate surface area is 104 Å². The van der Waals surface area contributed by atoms with Crippen molar-refractivity contribution >= 4 is 5.97 Å². The first-order chi connectivity index (χ1) is 8.25. The molecule has 0 aromatic carbocycles. The molecule has 0 bridgehead atoms. The van der Waals surface area contributed by atoms with Crippen LogP contribution in [0.25, 0.3) is 0 Å². The van der Waals surface area contributed by atoms with Gasteiger partial charge in [-0.25, -0.2) is 0 Å². The molecule has 1 heterocycles. The lowest BCUT2D eigenvalue weighted by atomic mass is 9.88. The van der Waals surface area contributed by atoms with E-state index in [1.807, 2.05) is 0 Å². The Kier molecular flexibility index (Phi) is 4.80. The Morgan fingerprint density at radius 1 is 1.29 bits per heavy atom. The number of esters is 1. The third-order valence-corrected chi connectivity index (χ3v) is 3.88. The Hall–Kier alpha value is -0.610. The molecule has 2 rings (SSSR count). The highest BCUT2D eigenvalue weighted by molar-refractivity contribution is 5.71. The van der Waals surface area contributed by atoms with Crippen molar-refractivity contribution in [3.8, 4) is 0 Å². The molecule has 2 unspecified atom stereocenters. The van der Waals surface area contributed by atoms with Gasteiger partial charge < -0.3 is 10.1 Å². The first-order valence-electron chi connectivity index (χ1n) is 6.88. The third-order valence-electron chi connectivity index (χ3n) is 3.88. The van der Waals surface area contributed by atoms with Gasteiger partial charge in [-0.15, -0.1) is 0 Å². The number of carbonyl (C=O) groups is 1. The fraction of sp³-hybridized carbons (Fsp3) is 0.923. The van der Waals surface area contributed by atoms with E-state index in [0.717, 1.165) is 32.6 Å². The van der Waals surface area contributed by atoms with Crippen LogP contribution in [0.5, 0.6) is 0 Å². The lowest BCUT2D eigenvalue weighted by molar-refractivity contribution is -0.154. The lowest BCUT2D eigenvalue weighted by Crippen LogP contribution is -2.46. The van der Waals surface area contributed by atoms with E-state index in [1.54, 1.807) is 0 Å². The monoisotopic (exact) mass is 240 g/mol. The van der Waals surface area contributed by atoms with Gasteiger partial charge in [0.1, 0.15) is 6.10 Å². The van der Waals surface area contributed by atoms with Crippen molar-refractivity contribution < 1.29 is 9.53 Å². The first-order valence-corrected chi connectivity index (χ1v) is 6.88. The molecule has 0 spiro atoms. The van der Waals surface area contributed by atoms with Gasteiger partial charge in [-0.2, -0.15) is 0 Å². The second-order valence-corrected chi connectivity index (χ2v) is 5.32. The van der Waals surface area contributed by atoms with Gasteiger partial charge in [-0.3, -0.25) is 9.69 Å². The van der Waals surface area contributed by atoms with Crippen LogP contribution in [0.15, 0.2) is 0 Å². The molecule has 2 fully saturated rings. The molecule has 0 aromatic rings. The van der Waals surface area contributed by atoms with Crippen LogP contribution in [0.4, 0.5) is 0 Å². The van der Waals surface area contributed by atoms with Crippen LogP contribution in [0.2, 0.25) is 0 Å². The summed E-state index contributed by atoms with van der Waals surface area (Å²) in [5.41, 5.74) is 0. The average molecular weight is 240 g/mol. The number of hydrogen-bond acceptors (Lipinski definition) is 4. The molecule has 1 saturated heterocycles. The van der Waals surface area contributed by atoms with Crippen LogP contribution in [-0.2, 0) is 9.53 Å². The van der Waals surface area contributed by atoms with Crippen LogP contribution in [0, 0.1) is 5.92 Å². The molecular formula is C13H24N2O2. The number of nitrogens with zero attached hydrogens (tertiary/aromatic N) is 1. The molecule has 0 radical (unpaired) electrons. The quantitative estimate of drug-likeness (QED) is 0.748. The largest absolute Gasteiger partial charge is 0.461 e. The van der Waals surface area contributed by atoms with E-state index < -0.39 is 0 Å². The van der Waals surface area contributed by atoms with Crippen LogP contribution in [0.1, 0.15) is 32.6 Å². The van der Waals surface area contributed by atoms with Crippen LogP contribution >= 0.6 is 0 Å². The van der Waals surface area contributed by atoms with E-state index in [4.69, 9.17) is 4.74 Å². The standard InChI is InChI=1S/C13H24N2O2/c1-11-4-2-3-5-12(11)17-13(16)10-15-8-6-14-7-9-15/h11-12,14H,2-10H2,1H3. The minimum atomic E-state index is -0.0364. The first kappa shape index (κ1) is 12.8. The van der Waals surface area contributed by atoms with E-state index in [1.165, 1.54) is 19.3 Å². The van der Waals surface area contributed by atoms with Crippen LogP contribution < -0.4 is 5.32 Å². The summed E-state index contributed by atoms with van der Waals surface area (Å²) in [6, 6.07) is 0. The van der Waals surface area contributed by atoms with Gasteiger partial charge in [0, 0.05) is 26.2 Å². The Morgan fingerprint density at radius 2 is 2.00 bits per heavy atom. The molecule has 1 aliphatic carbocycles. The SMILES string of the molecule is CC1CCCCC1OC(=O)CN1CCNCC1. The molecule has 1 saturated carbocycles. The lowest BCUT2D eigenvalue weighted by Gasteiger charge is -2.30. The Morgan fingerprint density at radius 3 is 2.71 bits per heavy atom. The fourth-order valence-electron chi connectivity index (χ4n) is 2.72. The molecule has 1 N–H and O–H groups in total. The molecule has 0 amide bonds. The second-order valence-electron chi connectivity index (χ2n) is 5.32. The van der Waals surface area contributed by atoms with Crippen molar-refractivity contribution in [1.29, 1.82) is 0 Å². The van der Waals surface area contributed by atoms with Crippen molar-refractivity contribution in [3.63, 3.8) is 0 Å². The maximum absolute atomic E-state index is 11.8. The molecule has 2 aliphatic rings. The molecular weight excluding hydrogens is 216 g/mol. The van der Waals surface area contributed by atoms with Crippen molar-refractivity contribution in [2.75, 3.05) is 32.7 Å². The van der Waals surface area contributed by atoms with Gasteiger partial charge in [0.05, 0.1) is 6.54 Å². The summed E-state index contributed by atoms with van der Waals surface area (Å²) in [5.74, 6) is 0.501. The number of ether oxygens (including phenoxy) is 1. The summed E-state index contributed by atoms with van der Waals surface area (Å²) in [6.45, 7) is 6.53. The predicted octanol–water partition coefficient (Wildman–Crippen LogP) is 1.01. The summed E-state index contributed by atoms with van der Waals surface area (Å²) in [5, 5.41) is 3.28. The Bertz CT molecular complexity index is 252. The maximum Gasteiger partial charge on any atom is 0.320 e. The van der Waals surface area contributed by atoms with Gasteiger partial charge in [0.15, 0.2) is 0 Å². The number of hydrogen-bond donors (Lipinski definition) is 1. The molecule has 1 aliphatic heterocycles. The van der Waals surface area contributed by atoms with Crippen molar-refractivity contribution in [2.45, 2.75) is 38.7 Å². The summed E-state index contributed by atoms with van der Waals surface area (Å²) >= 11 is 0. The summed E-state index contributed by atoms with van der Waals surface area (Å²) < 4.78 is 5.61. The molecule has 17 heavy (non-hydrogen) atoms. The highest BCUT2D eigenvalue weighted by Gasteiger charge is 2.25. The van der Waals surface area contributed by atoms with E-state index in [-0.39, 0.29) is 12.1 Å². The normalized spacial score (nSPS) is 31.1. The number of rotatable bonds is 3. The van der Waals surface area contributed by atoms with Crippen molar-refractivity contribution in [3.05, 3.63) is 0 Å². The van der Waals surface area contributed by atoms with E-state index in [9.17, 15) is 4.79 Å². The Balaban J connectivity index is 1.72. The van der Waals surface area contributed by atoms with Gasteiger partial charge >= 0.3 is 5.97 Å². The topological polar surface area (TPSA) is 41.6 Å². The summed E-state index contributed by atoms with van der Waals surface area (Å²) in [7, 11) is 0. The summed E-state index contributed by atoms with van der Waals surface area (Å²) in [4.78, 5) is 14.0. The number of carbonyl (C=O) groups excluding carboxylic acids is 1. The zero-order valence-corrected chi connectivity index (χ0v) is 10.8. The van der Waals surface area contributed by atoms with Crippen molar-refractivity contribution in [2.24, 2.45) is 5.92 Å². The second kappa shape index (κ2) is 6.36. The fourth-order valence-corrected chi connectivity index (χ4v) is 2.72. The van der Waals surface area contributed by atoms with Gasteiger partial charge in [-0.1, -0.05) is 13.3 Å². The van der Waals surface area contributed by atoms with Crippen molar-refractivity contribution in [1.82, 2.24) is 10.2 Å². The molecule has 2 atom stereocenters. The van der Waals surface area contributed by atoms with Gasteiger partial charge in [0.2, 0.25) is 0 Å². The zero-order valence-electron chi connectivity index (χ0n) is 10.8. The maximum atomic E-state index is 11.8. The average Bonchev–Trinajstić information content (AvgIpc) is 2.33. The van der Waals surface area contributed by atoms with E-state index in [2.05, 4.69) is 17.1 Å². The van der Waals surface area contributed by atoms with Crippen LogP contribution in [0.3, 0.4) is 0 Å². The van der Waals surface area contributed by atoms with Gasteiger partial charge in [0.25, 0.3) is 0 Å². The van der Waals surface area contributed by atoms with Gasteiger partial charge in [-0.05, 0) is 25.2 Å². The molecule has 4 nitrogen and oxygen atoms in total. The van der Waals surface area contributed by atoms with E-state index >= 15 is 0 Å². The number of nitrogens with one attached hydrogen (secondary N) is 1. The zero-order chi connectivity index (χ0) is 12.1. The van der Waals surface area contributed by atoms with Crippen LogP contribution in [-0.4, -0.2) is 49.7 Å². The smallest absolute Gasteiger partial charge is 0.320 e. The van der Waals surface area contributed by atoms with E-state index in [0.29, 0.717) is 12.5 Å². The minimum absolute atomic E-state index is 0.0364. The highest BCUT2D eigenvalue weighted by Crippen LogP contribution is 2.26. The summed E-state index contributed by atoms with van der Waals surface area (Å²) in [6.07, 6.45) is 4.90. The molecule has 98 valence electrons. The highest BCUT2D eigenvalue weighted by atomic mass is 16.5. The predicted molar refractivity (Wildman–Crippen MR) is 66.8 cm³/mol. The number of piperazine rings is 1. The minimum Gasteiger partial charge on any atom is -0.461 e. The third kappa shape index (κ3) is 3.96.